The van der Waals surface area contributed by atoms with Crippen molar-refractivity contribution >= 4 is 63.6 Å². The van der Waals surface area contributed by atoms with E-state index in [9.17, 15) is 4.79 Å². The Hall–Kier alpha value is -2.92. The molecule has 5 rings (SSSR count). The zero-order valence-electron chi connectivity index (χ0n) is 18.8. The average Bonchev–Trinajstić information content (AvgIpc) is 3.08. The van der Waals surface area contributed by atoms with Crippen molar-refractivity contribution in [1.29, 1.82) is 0 Å². The van der Waals surface area contributed by atoms with Crippen molar-refractivity contribution in [3.05, 3.63) is 52.1 Å². The van der Waals surface area contributed by atoms with Gasteiger partial charge in [-0.25, -0.2) is 9.97 Å². The number of rotatable bonds is 1. The predicted molar refractivity (Wildman–Crippen MR) is 141 cm³/mol. The Morgan fingerprint density at radius 1 is 1.15 bits per heavy atom. The van der Waals surface area contributed by atoms with Crippen LogP contribution in [0.25, 0.3) is 32.2 Å². The molecule has 0 aliphatic carbocycles. The van der Waals surface area contributed by atoms with E-state index >= 15 is 0 Å². The fourth-order valence-corrected chi connectivity index (χ4v) is 5.66. The molecular formula is C25H23ClN4OSSi. The highest BCUT2D eigenvalue weighted by Crippen LogP contribution is 2.41. The maximum absolute atomic E-state index is 12.7. The van der Waals surface area contributed by atoms with Crippen LogP contribution in [0.4, 0.5) is 5.69 Å². The standard InChI is InChI=1S/C25H23ClN4OSSi/c1-14-13-27-23-22-17-5-6-18(15-11-16(29-21(26)12-15)9-10-33(2,3)4)30-19(17)7-8-20(22)32-24(23)25(31)28-14/h5-8,11-12,14,27H,13H2,1-4H3,(H,28,31)/t14-/m1/s1. The van der Waals surface area contributed by atoms with Crippen molar-refractivity contribution in [2.45, 2.75) is 32.6 Å². The summed E-state index contributed by atoms with van der Waals surface area (Å²) < 4.78 is 1.06. The third-order valence-electron chi connectivity index (χ3n) is 5.35. The van der Waals surface area contributed by atoms with E-state index in [4.69, 9.17) is 16.6 Å². The van der Waals surface area contributed by atoms with Gasteiger partial charge in [-0.1, -0.05) is 37.2 Å². The van der Waals surface area contributed by atoms with Gasteiger partial charge in [0.05, 0.1) is 16.9 Å². The molecule has 0 unspecified atom stereocenters. The van der Waals surface area contributed by atoms with E-state index in [0.717, 1.165) is 42.8 Å². The highest BCUT2D eigenvalue weighted by atomic mass is 35.5. The van der Waals surface area contributed by atoms with E-state index < -0.39 is 8.07 Å². The second-order valence-corrected chi connectivity index (χ2v) is 15.5. The van der Waals surface area contributed by atoms with Gasteiger partial charge in [0.15, 0.2) is 0 Å². The second-order valence-electron chi connectivity index (χ2n) is 9.33. The molecule has 0 saturated carbocycles. The Labute approximate surface area is 202 Å². The lowest BCUT2D eigenvalue weighted by molar-refractivity contribution is 0.0949. The number of pyridine rings is 2. The summed E-state index contributed by atoms with van der Waals surface area (Å²) in [5.41, 5.74) is 7.45. The van der Waals surface area contributed by atoms with Gasteiger partial charge in [0, 0.05) is 33.6 Å². The number of carbonyl (C=O) groups is 1. The van der Waals surface area contributed by atoms with Crippen molar-refractivity contribution in [2.24, 2.45) is 0 Å². The monoisotopic (exact) mass is 490 g/mol. The summed E-state index contributed by atoms with van der Waals surface area (Å²) in [4.78, 5) is 22.7. The summed E-state index contributed by atoms with van der Waals surface area (Å²) in [5, 5.41) is 8.97. The van der Waals surface area contributed by atoms with Crippen molar-refractivity contribution < 1.29 is 4.79 Å². The minimum Gasteiger partial charge on any atom is -0.381 e. The lowest BCUT2D eigenvalue weighted by Crippen LogP contribution is -2.34. The summed E-state index contributed by atoms with van der Waals surface area (Å²) in [6.45, 7) is 9.27. The summed E-state index contributed by atoms with van der Waals surface area (Å²) in [5.74, 6) is 3.16. The molecule has 3 aromatic heterocycles. The third kappa shape index (κ3) is 4.34. The second kappa shape index (κ2) is 8.14. The van der Waals surface area contributed by atoms with E-state index in [0.29, 0.717) is 17.4 Å². The molecule has 33 heavy (non-hydrogen) atoms. The van der Waals surface area contributed by atoms with Crippen molar-refractivity contribution in [3.63, 3.8) is 0 Å². The van der Waals surface area contributed by atoms with Crippen LogP contribution in [0.5, 0.6) is 0 Å². The zero-order valence-corrected chi connectivity index (χ0v) is 21.4. The van der Waals surface area contributed by atoms with Crippen LogP contribution in [-0.4, -0.2) is 36.5 Å². The van der Waals surface area contributed by atoms with Gasteiger partial charge in [0.2, 0.25) is 0 Å². The van der Waals surface area contributed by atoms with E-state index in [1.54, 1.807) is 0 Å². The van der Waals surface area contributed by atoms with E-state index in [1.807, 2.05) is 37.3 Å². The van der Waals surface area contributed by atoms with Crippen LogP contribution >= 0.6 is 22.9 Å². The topological polar surface area (TPSA) is 66.9 Å². The molecule has 5 nitrogen and oxygen atoms in total. The zero-order chi connectivity index (χ0) is 23.3. The van der Waals surface area contributed by atoms with Gasteiger partial charge in [-0.15, -0.1) is 16.9 Å². The molecule has 0 radical (unpaired) electrons. The van der Waals surface area contributed by atoms with Crippen LogP contribution in [0.3, 0.4) is 0 Å². The Kier molecular flexibility index (Phi) is 5.40. The van der Waals surface area contributed by atoms with Gasteiger partial charge in [-0.3, -0.25) is 4.79 Å². The molecule has 1 atom stereocenters. The number of nitrogens with one attached hydrogen (secondary N) is 2. The number of nitrogens with zero attached hydrogens (tertiary/aromatic N) is 2. The van der Waals surface area contributed by atoms with Crippen LogP contribution in [0, 0.1) is 11.5 Å². The smallest absolute Gasteiger partial charge is 0.263 e. The highest BCUT2D eigenvalue weighted by Gasteiger charge is 2.24. The van der Waals surface area contributed by atoms with Crippen molar-refractivity contribution in [1.82, 2.24) is 15.3 Å². The number of anilines is 1. The number of benzene rings is 1. The summed E-state index contributed by atoms with van der Waals surface area (Å²) in [7, 11) is -1.53. The van der Waals surface area contributed by atoms with Crippen LogP contribution < -0.4 is 10.6 Å². The van der Waals surface area contributed by atoms with Crippen LogP contribution in [0.2, 0.25) is 24.8 Å². The molecular weight excluding hydrogens is 468 g/mol. The van der Waals surface area contributed by atoms with Gasteiger partial charge in [0.1, 0.15) is 23.8 Å². The van der Waals surface area contributed by atoms with Gasteiger partial charge >= 0.3 is 0 Å². The number of hydrogen-bond donors (Lipinski definition) is 2. The normalized spacial score (nSPS) is 15.9. The molecule has 0 fully saturated rings. The number of carbonyl (C=O) groups excluding carboxylic acids is 1. The summed E-state index contributed by atoms with van der Waals surface area (Å²) >= 11 is 7.82. The van der Waals surface area contributed by atoms with Crippen LogP contribution in [0.1, 0.15) is 22.3 Å². The lowest BCUT2D eigenvalue weighted by atomic mass is 10.1. The molecule has 1 aliphatic heterocycles. The number of hydrogen-bond acceptors (Lipinski definition) is 5. The molecule has 166 valence electrons. The van der Waals surface area contributed by atoms with Crippen LogP contribution in [-0.2, 0) is 0 Å². The third-order valence-corrected chi connectivity index (χ3v) is 7.57. The van der Waals surface area contributed by atoms with Gasteiger partial charge in [0.25, 0.3) is 5.91 Å². The Bertz CT molecular complexity index is 1500. The molecule has 8 heteroatoms. The van der Waals surface area contributed by atoms with Crippen LogP contribution in [0.15, 0.2) is 36.4 Å². The minimum atomic E-state index is -1.53. The molecule has 1 aliphatic rings. The van der Waals surface area contributed by atoms with E-state index in [-0.39, 0.29) is 11.9 Å². The fraction of sp³-hybridized carbons (Fsp3) is 0.240. The average molecular weight is 491 g/mol. The van der Waals surface area contributed by atoms with E-state index in [1.165, 1.54) is 11.3 Å². The van der Waals surface area contributed by atoms with Gasteiger partial charge in [-0.2, -0.15) is 0 Å². The molecule has 0 saturated heterocycles. The molecule has 1 amide bonds. The lowest BCUT2D eigenvalue weighted by Gasteiger charge is -2.10. The predicted octanol–water partition coefficient (Wildman–Crippen LogP) is 5.94. The van der Waals surface area contributed by atoms with Crippen molar-refractivity contribution in [2.75, 3.05) is 11.9 Å². The molecule has 0 spiro atoms. The molecule has 4 aromatic rings. The Balaban J connectivity index is 1.63. The molecule has 2 N–H and O–H groups in total. The number of halogens is 1. The first kappa shape index (κ1) is 21.9. The summed E-state index contributed by atoms with van der Waals surface area (Å²) in [6.07, 6.45) is 0. The SMILES string of the molecule is C[C@@H]1CNc2c(sc3ccc4nc(-c5cc(Cl)nc(C#C[Si](C)(C)C)c5)ccc4c23)C(=O)N1. The molecule has 0 bridgehead atoms. The van der Waals surface area contributed by atoms with E-state index in [2.05, 4.69) is 52.8 Å². The number of thiophene rings is 1. The largest absolute Gasteiger partial charge is 0.381 e. The van der Waals surface area contributed by atoms with Gasteiger partial charge < -0.3 is 10.6 Å². The first-order valence-electron chi connectivity index (χ1n) is 10.8. The maximum atomic E-state index is 12.7. The number of amides is 1. The minimum absolute atomic E-state index is 0.0280. The highest BCUT2D eigenvalue weighted by molar-refractivity contribution is 7.21. The number of aromatic nitrogens is 2. The molecule has 1 aromatic carbocycles. The maximum Gasteiger partial charge on any atom is 0.263 e. The van der Waals surface area contributed by atoms with Gasteiger partial charge in [-0.05, 0) is 43.3 Å². The van der Waals surface area contributed by atoms with Crippen molar-refractivity contribution in [3.8, 4) is 22.7 Å². The first-order chi connectivity index (χ1) is 15.7. The Morgan fingerprint density at radius 3 is 2.76 bits per heavy atom. The number of fused-ring (bicyclic) bond motifs is 5. The Morgan fingerprint density at radius 2 is 1.97 bits per heavy atom. The quantitative estimate of drug-likeness (QED) is 0.197. The molecule has 4 heterocycles. The first-order valence-corrected chi connectivity index (χ1v) is 15.5. The summed E-state index contributed by atoms with van der Waals surface area (Å²) in [6, 6.07) is 11.9. The fourth-order valence-electron chi connectivity index (χ4n) is 3.85.